The molecule has 3 aromatic rings. The highest BCUT2D eigenvalue weighted by atomic mass is 19.4. The van der Waals surface area contributed by atoms with Gasteiger partial charge in [0.2, 0.25) is 0 Å². The Kier molecular flexibility index (Phi) is 4.77. The first-order chi connectivity index (χ1) is 14.5. The second-order valence-corrected chi connectivity index (χ2v) is 7.85. The van der Waals surface area contributed by atoms with Crippen molar-refractivity contribution in [2.24, 2.45) is 5.92 Å². The normalized spacial score (nSPS) is 26.0. The summed E-state index contributed by atoms with van der Waals surface area (Å²) in [5.41, 5.74) is -3.85. The molecule has 4 rings (SSSR count). The van der Waals surface area contributed by atoms with Crippen LogP contribution in [0.25, 0.3) is 10.8 Å². The number of nitrogens with one attached hydrogen (secondary N) is 1. The van der Waals surface area contributed by atoms with Gasteiger partial charge in [-0.3, -0.25) is 0 Å². The molecule has 1 aliphatic carbocycles. The summed E-state index contributed by atoms with van der Waals surface area (Å²) in [6.45, 7) is 2.61. The number of hydrogen-bond acceptors (Lipinski definition) is 5. The lowest BCUT2D eigenvalue weighted by Crippen LogP contribution is -2.60. The van der Waals surface area contributed by atoms with Crippen molar-refractivity contribution in [3.63, 3.8) is 0 Å². The van der Waals surface area contributed by atoms with Gasteiger partial charge in [0.15, 0.2) is 17.2 Å². The summed E-state index contributed by atoms with van der Waals surface area (Å²) >= 11 is 0. The highest BCUT2D eigenvalue weighted by Crippen LogP contribution is 2.57. The van der Waals surface area contributed by atoms with Crippen LogP contribution in [0, 0.1) is 11.7 Å². The minimum Gasteiger partial charge on any atom is -0.505 e. The third-order valence-corrected chi connectivity index (χ3v) is 6.34. The zero-order chi connectivity index (χ0) is 22.7. The van der Waals surface area contributed by atoms with E-state index in [1.807, 2.05) is 0 Å². The lowest BCUT2D eigenvalue weighted by atomic mass is 9.64. The van der Waals surface area contributed by atoms with Crippen LogP contribution in [0.3, 0.4) is 0 Å². The SMILES string of the molecule is CC1c2c(ccc(F)c2O)C(Nc2cccc3c(=O)occc23)C(O)(C(F)(F)F)C1C. The van der Waals surface area contributed by atoms with Crippen LogP contribution in [-0.2, 0) is 0 Å². The van der Waals surface area contributed by atoms with Crippen LogP contribution in [0.5, 0.6) is 5.75 Å². The Bertz CT molecular complexity index is 1220. The zero-order valence-corrected chi connectivity index (χ0v) is 16.5. The van der Waals surface area contributed by atoms with Crippen molar-refractivity contribution in [2.45, 2.75) is 37.6 Å². The number of rotatable bonds is 2. The maximum Gasteiger partial charge on any atom is 0.419 e. The van der Waals surface area contributed by atoms with Gasteiger partial charge in [-0.05, 0) is 35.7 Å². The van der Waals surface area contributed by atoms with E-state index in [0.29, 0.717) is 5.39 Å². The average molecular weight is 437 g/mol. The quantitative estimate of drug-likeness (QED) is 0.500. The Balaban J connectivity index is 1.98. The second kappa shape index (κ2) is 6.98. The molecule has 164 valence electrons. The molecular weight excluding hydrogens is 418 g/mol. The molecule has 3 N–H and O–H groups in total. The maximum atomic E-state index is 14.3. The number of phenolic OH excluding ortho intramolecular Hbond substituents is 1. The van der Waals surface area contributed by atoms with Crippen LogP contribution < -0.4 is 10.9 Å². The summed E-state index contributed by atoms with van der Waals surface area (Å²) in [5.74, 6) is -4.12. The Morgan fingerprint density at radius 2 is 1.81 bits per heavy atom. The van der Waals surface area contributed by atoms with E-state index in [1.54, 1.807) is 0 Å². The first kappa shape index (κ1) is 21.2. The van der Waals surface area contributed by atoms with Gasteiger partial charge in [-0.1, -0.05) is 26.0 Å². The fourth-order valence-electron chi connectivity index (χ4n) is 4.50. The summed E-state index contributed by atoms with van der Waals surface area (Å²) in [5, 5.41) is 24.5. The van der Waals surface area contributed by atoms with Crippen LogP contribution in [0.4, 0.5) is 23.2 Å². The van der Waals surface area contributed by atoms with Gasteiger partial charge in [0.25, 0.3) is 0 Å². The van der Waals surface area contributed by atoms with Gasteiger partial charge in [-0.25, -0.2) is 9.18 Å². The van der Waals surface area contributed by atoms with Crippen LogP contribution in [-0.4, -0.2) is 22.0 Å². The maximum absolute atomic E-state index is 14.3. The number of halogens is 4. The Labute approximate surface area is 173 Å². The molecule has 4 atom stereocenters. The summed E-state index contributed by atoms with van der Waals surface area (Å²) in [4.78, 5) is 12.0. The van der Waals surface area contributed by atoms with Crippen molar-refractivity contribution in [1.29, 1.82) is 0 Å². The predicted molar refractivity (Wildman–Crippen MR) is 105 cm³/mol. The van der Waals surface area contributed by atoms with E-state index < -0.39 is 46.8 Å². The molecule has 9 heteroatoms. The minimum absolute atomic E-state index is 0.00123. The van der Waals surface area contributed by atoms with E-state index in [1.165, 1.54) is 38.1 Å². The lowest BCUT2D eigenvalue weighted by Gasteiger charge is -2.49. The molecule has 0 radical (unpaired) electrons. The molecule has 1 aliphatic rings. The molecule has 0 fully saturated rings. The molecule has 0 spiro atoms. The number of aromatic hydroxyl groups is 1. The number of aliphatic hydroxyl groups is 1. The average Bonchev–Trinajstić information content (AvgIpc) is 2.71. The Morgan fingerprint density at radius 3 is 2.48 bits per heavy atom. The number of anilines is 1. The van der Waals surface area contributed by atoms with Gasteiger partial charge in [-0.2, -0.15) is 13.2 Å². The minimum atomic E-state index is -5.05. The summed E-state index contributed by atoms with van der Waals surface area (Å²) in [6.07, 6.45) is -3.93. The molecule has 0 bridgehead atoms. The molecule has 4 unspecified atom stereocenters. The third kappa shape index (κ3) is 2.98. The Morgan fingerprint density at radius 1 is 1.10 bits per heavy atom. The fraction of sp³-hybridized carbons (Fsp3) is 0.318. The van der Waals surface area contributed by atoms with E-state index in [0.717, 1.165) is 18.4 Å². The van der Waals surface area contributed by atoms with Crippen molar-refractivity contribution >= 4 is 16.5 Å². The first-order valence-corrected chi connectivity index (χ1v) is 9.56. The van der Waals surface area contributed by atoms with Gasteiger partial charge >= 0.3 is 11.8 Å². The highest BCUT2D eigenvalue weighted by molar-refractivity contribution is 5.93. The molecule has 0 saturated heterocycles. The van der Waals surface area contributed by atoms with Crippen LogP contribution in [0.15, 0.2) is 51.9 Å². The van der Waals surface area contributed by atoms with Crippen LogP contribution >= 0.6 is 0 Å². The van der Waals surface area contributed by atoms with Gasteiger partial charge in [-0.15, -0.1) is 0 Å². The van der Waals surface area contributed by atoms with Crippen molar-refractivity contribution in [2.75, 3.05) is 5.32 Å². The summed E-state index contributed by atoms with van der Waals surface area (Å²) in [7, 11) is 0. The fourth-order valence-corrected chi connectivity index (χ4v) is 4.50. The highest BCUT2D eigenvalue weighted by Gasteiger charge is 2.65. The van der Waals surface area contributed by atoms with E-state index in [2.05, 4.69) is 5.32 Å². The largest absolute Gasteiger partial charge is 0.505 e. The molecule has 2 aromatic carbocycles. The number of benzene rings is 2. The smallest absolute Gasteiger partial charge is 0.419 e. The summed E-state index contributed by atoms with van der Waals surface area (Å²) < 4.78 is 61.6. The Hall–Kier alpha value is -3.07. The zero-order valence-electron chi connectivity index (χ0n) is 16.5. The van der Waals surface area contributed by atoms with Crippen LogP contribution in [0.1, 0.15) is 36.9 Å². The van der Waals surface area contributed by atoms with E-state index in [-0.39, 0.29) is 22.2 Å². The predicted octanol–water partition coefficient (Wildman–Crippen LogP) is 4.84. The van der Waals surface area contributed by atoms with Crippen molar-refractivity contribution in [1.82, 2.24) is 0 Å². The van der Waals surface area contributed by atoms with Gasteiger partial charge < -0.3 is 19.9 Å². The standard InChI is InChI=1S/C22H19F4NO4/c1-10-11(2)21(30,22(24,25)26)19(14-6-7-15(23)18(28)17(10)14)27-16-5-3-4-13-12(16)8-9-31-20(13)29/h3-11,19,27-28,30H,1-2H3. The van der Waals surface area contributed by atoms with Crippen molar-refractivity contribution < 1.29 is 32.2 Å². The summed E-state index contributed by atoms with van der Waals surface area (Å²) in [6, 6.07) is 6.02. The molecule has 5 nitrogen and oxygen atoms in total. The van der Waals surface area contributed by atoms with Gasteiger partial charge in [0, 0.05) is 22.6 Å². The third-order valence-electron chi connectivity index (χ3n) is 6.34. The molecule has 0 saturated carbocycles. The monoisotopic (exact) mass is 437 g/mol. The van der Waals surface area contributed by atoms with E-state index >= 15 is 0 Å². The molecule has 31 heavy (non-hydrogen) atoms. The van der Waals surface area contributed by atoms with Crippen molar-refractivity contribution in [3.05, 3.63) is 70.0 Å². The number of alkyl halides is 3. The lowest BCUT2D eigenvalue weighted by molar-refractivity contribution is -0.289. The number of hydrogen-bond donors (Lipinski definition) is 3. The van der Waals surface area contributed by atoms with Crippen LogP contribution in [0.2, 0.25) is 0 Å². The number of phenols is 1. The van der Waals surface area contributed by atoms with E-state index in [9.17, 15) is 32.6 Å². The van der Waals surface area contributed by atoms with Crippen molar-refractivity contribution in [3.8, 4) is 5.75 Å². The van der Waals surface area contributed by atoms with Gasteiger partial charge in [0.05, 0.1) is 17.7 Å². The molecular formula is C22H19F4NO4. The topological polar surface area (TPSA) is 82.7 Å². The molecule has 0 amide bonds. The second-order valence-electron chi connectivity index (χ2n) is 7.85. The van der Waals surface area contributed by atoms with E-state index in [4.69, 9.17) is 4.42 Å². The number of fused-ring (bicyclic) bond motifs is 2. The molecule has 0 aliphatic heterocycles. The molecule has 1 aromatic heterocycles. The first-order valence-electron chi connectivity index (χ1n) is 9.56. The van der Waals surface area contributed by atoms with Gasteiger partial charge in [0.1, 0.15) is 0 Å². The molecule has 1 heterocycles.